The maximum Gasteiger partial charge on any atom is 0.218 e. The Morgan fingerprint density at radius 1 is 1.29 bits per heavy atom. The van der Waals surface area contributed by atoms with Gasteiger partial charge in [-0.3, -0.25) is 0 Å². The molecule has 4 nitrogen and oxygen atoms in total. The minimum Gasteiger partial charge on any atom is -0.399 e. The number of hydrogen-bond acceptors (Lipinski definition) is 4. The van der Waals surface area contributed by atoms with E-state index in [1.165, 1.54) is 0 Å². The summed E-state index contributed by atoms with van der Waals surface area (Å²) in [5, 5.41) is 0. The lowest BCUT2D eigenvalue weighted by molar-refractivity contribution is 0.443. The highest BCUT2D eigenvalue weighted by molar-refractivity contribution is 7.99. The van der Waals surface area contributed by atoms with Gasteiger partial charge in [-0.05, 0) is 17.7 Å². The van der Waals surface area contributed by atoms with Gasteiger partial charge in [0.25, 0.3) is 0 Å². The Hall–Kier alpha value is -0.720. The third-order valence-electron chi connectivity index (χ3n) is 2.66. The van der Waals surface area contributed by atoms with Gasteiger partial charge < -0.3 is 5.73 Å². The summed E-state index contributed by atoms with van der Waals surface area (Å²) < 4.78 is 25.9. The van der Waals surface area contributed by atoms with Crippen LogP contribution in [0.3, 0.4) is 0 Å². The van der Waals surface area contributed by atoms with Gasteiger partial charge in [0.15, 0.2) is 0 Å². The van der Waals surface area contributed by atoms with Crippen LogP contribution >= 0.6 is 11.8 Å². The minimum absolute atomic E-state index is 0.0444. The van der Waals surface area contributed by atoms with Gasteiger partial charge in [0.05, 0.1) is 5.75 Å². The van der Waals surface area contributed by atoms with E-state index in [-0.39, 0.29) is 5.75 Å². The molecule has 0 atom stereocenters. The zero-order chi connectivity index (χ0) is 12.3. The van der Waals surface area contributed by atoms with Gasteiger partial charge >= 0.3 is 0 Å². The maximum atomic E-state index is 12.1. The zero-order valence-electron chi connectivity index (χ0n) is 9.50. The van der Waals surface area contributed by atoms with Crippen molar-refractivity contribution < 1.29 is 8.42 Å². The standard InChI is InChI=1S/C11H16N2O2S2/c12-11-3-1-2-10(8-11)9-17(14,15)13-4-6-16-7-5-13/h1-3,8H,4-7,9,12H2. The number of hydrogen-bond donors (Lipinski definition) is 1. The quantitative estimate of drug-likeness (QED) is 0.838. The van der Waals surface area contributed by atoms with Crippen LogP contribution in [0.15, 0.2) is 24.3 Å². The third-order valence-corrected chi connectivity index (χ3v) is 5.46. The third kappa shape index (κ3) is 3.37. The topological polar surface area (TPSA) is 63.4 Å². The average molecular weight is 272 g/mol. The molecule has 0 radical (unpaired) electrons. The highest BCUT2D eigenvalue weighted by atomic mass is 32.2. The zero-order valence-corrected chi connectivity index (χ0v) is 11.1. The lowest BCUT2D eigenvalue weighted by Crippen LogP contribution is -2.38. The van der Waals surface area contributed by atoms with Crippen LogP contribution in [0.2, 0.25) is 0 Å². The van der Waals surface area contributed by atoms with Gasteiger partial charge in [-0.25, -0.2) is 8.42 Å². The number of thioether (sulfide) groups is 1. The Morgan fingerprint density at radius 2 is 2.00 bits per heavy atom. The number of anilines is 1. The highest BCUT2D eigenvalue weighted by Crippen LogP contribution is 2.17. The Balaban J connectivity index is 2.11. The summed E-state index contributed by atoms with van der Waals surface area (Å²) in [6.07, 6.45) is 0. The highest BCUT2D eigenvalue weighted by Gasteiger charge is 2.24. The van der Waals surface area contributed by atoms with E-state index in [0.717, 1.165) is 17.1 Å². The van der Waals surface area contributed by atoms with Gasteiger partial charge in [0, 0.05) is 30.3 Å². The van der Waals surface area contributed by atoms with Crippen LogP contribution in [0, 0.1) is 0 Å². The Labute approximate surface area is 106 Å². The Kier molecular flexibility index (Phi) is 3.96. The predicted octanol–water partition coefficient (Wildman–Crippen LogP) is 1.15. The van der Waals surface area contributed by atoms with Gasteiger partial charge in [-0.15, -0.1) is 0 Å². The second kappa shape index (κ2) is 5.29. The molecule has 1 aromatic carbocycles. The van der Waals surface area contributed by atoms with Crippen molar-refractivity contribution in [1.82, 2.24) is 4.31 Å². The summed E-state index contributed by atoms with van der Waals surface area (Å²) in [5.74, 6) is 1.81. The molecule has 2 rings (SSSR count). The summed E-state index contributed by atoms with van der Waals surface area (Å²) in [6, 6.07) is 7.06. The van der Waals surface area contributed by atoms with E-state index in [1.54, 1.807) is 40.3 Å². The molecule has 0 unspecified atom stereocenters. The number of nitrogen functional groups attached to an aromatic ring is 1. The molecule has 1 aliphatic rings. The molecule has 6 heteroatoms. The summed E-state index contributed by atoms with van der Waals surface area (Å²) in [4.78, 5) is 0. The Bertz CT molecular complexity index is 482. The van der Waals surface area contributed by atoms with Crippen molar-refractivity contribution in [2.45, 2.75) is 5.75 Å². The van der Waals surface area contributed by atoms with Crippen LogP contribution in [0.5, 0.6) is 0 Å². The molecule has 0 amide bonds. The maximum absolute atomic E-state index is 12.1. The van der Waals surface area contributed by atoms with Gasteiger partial charge in [-0.1, -0.05) is 12.1 Å². The first-order chi connectivity index (χ1) is 8.08. The summed E-state index contributed by atoms with van der Waals surface area (Å²) in [6.45, 7) is 1.24. The first-order valence-corrected chi connectivity index (χ1v) is 8.24. The number of nitrogens with zero attached hydrogens (tertiary/aromatic N) is 1. The van der Waals surface area contributed by atoms with Crippen LogP contribution < -0.4 is 5.73 Å². The average Bonchev–Trinajstić information content (AvgIpc) is 2.29. The molecule has 1 saturated heterocycles. The van der Waals surface area contributed by atoms with E-state index >= 15 is 0 Å². The van der Waals surface area contributed by atoms with E-state index < -0.39 is 10.0 Å². The van der Waals surface area contributed by atoms with Crippen molar-refractivity contribution in [1.29, 1.82) is 0 Å². The normalized spacial score (nSPS) is 18.1. The molecule has 0 aromatic heterocycles. The molecular weight excluding hydrogens is 256 g/mol. The van der Waals surface area contributed by atoms with Gasteiger partial charge in [0.1, 0.15) is 0 Å². The minimum atomic E-state index is -3.19. The largest absolute Gasteiger partial charge is 0.399 e. The molecule has 1 aromatic rings. The molecule has 0 saturated carbocycles. The molecule has 1 heterocycles. The molecule has 0 aliphatic carbocycles. The van der Waals surface area contributed by atoms with Crippen molar-refractivity contribution in [3.05, 3.63) is 29.8 Å². The van der Waals surface area contributed by atoms with Crippen molar-refractivity contribution in [2.75, 3.05) is 30.3 Å². The van der Waals surface area contributed by atoms with E-state index in [1.807, 2.05) is 0 Å². The fraction of sp³-hybridized carbons (Fsp3) is 0.455. The molecule has 2 N–H and O–H groups in total. The molecule has 1 aliphatic heterocycles. The Morgan fingerprint density at radius 3 is 2.65 bits per heavy atom. The van der Waals surface area contributed by atoms with Crippen molar-refractivity contribution in [3.63, 3.8) is 0 Å². The van der Waals surface area contributed by atoms with Crippen LogP contribution in [0.1, 0.15) is 5.56 Å². The molecule has 0 bridgehead atoms. The second-order valence-corrected chi connectivity index (χ2v) is 7.21. The molecule has 17 heavy (non-hydrogen) atoms. The van der Waals surface area contributed by atoms with E-state index in [4.69, 9.17) is 5.73 Å². The van der Waals surface area contributed by atoms with E-state index in [0.29, 0.717) is 18.8 Å². The van der Waals surface area contributed by atoms with Crippen molar-refractivity contribution in [2.24, 2.45) is 0 Å². The van der Waals surface area contributed by atoms with Crippen LogP contribution in [-0.4, -0.2) is 37.3 Å². The number of nitrogens with two attached hydrogens (primary N) is 1. The summed E-state index contributed by atoms with van der Waals surface area (Å²) in [5.41, 5.74) is 7.00. The lowest BCUT2D eigenvalue weighted by Gasteiger charge is -2.25. The fourth-order valence-corrected chi connectivity index (χ4v) is 4.47. The first-order valence-electron chi connectivity index (χ1n) is 5.48. The number of rotatable bonds is 3. The number of sulfonamides is 1. The SMILES string of the molecule is Nc1cccc(CS(=O)(=O)N2CCSCC2)c1. The van der Waals surface area contributed by atoms with E-state index in [9.17, 15) is 8.42 Å². The van der Waals surface area contributed by atoms with Crippen LogP contribution in [0.4, 0.5) is 5.69 Å². The molecule has 94 valence electrons. The smallest absolute Gasteiger partial charge is 0.218 e. The predicted molar refractivity (Wildman–Crippen MR) is 72.4 cm³/mol. The van der Waals surface area contributed by atoms with Crippen molar-refractivity contribution in [3.8, 4) is 0 Å². The lowest BCUT2D eigenvalue weighted by atomic mass is 10.2. The first kappa shape index (κ1) is 12.7. The van der Waals surface area contributed by atoms with Crippen molar-refractivity contribution >= 4 is 27.5 Å². The van der Waals surface area contributed by atoms with Gasteiger partial charge in [-0.2, -0.15) is 16.1 Å². The number of benzene rings is 1. The van der Waals surface area contributed by atoms with Crippen LogP contribution in [-0.2, 0) is 15.8 Å². The van der Waals surface area contributed by atoms with Crippen LogP contribution in [0.25, 0.3) is 0 Å². The monoisotopic (exact) mass is 272 g/mol. The summed E-state index contributed by atoms with van der Waals surface area (Å²) in [7, 11) is -3.19. The van der Waals surface area contributed by atoms with E-state index in [2.05, 4.69) is 0 Å². The van der Waals surface area contributed by atoms with Gasteiger partial charge in [0.2, 0.25) is 10.0 Å². The molecular formula is C11H16N2O2S2. The second-order valence-electron chi connectivity index (χ2n) is 4.01. The molecule has 1 fully saturated rings. The summed E-state index contributed by atoms with van der Waals surface area (Å²) >= 11 is 1.80. The fourth-order valence-electron chi connectivity index (χ4n) is 1.81. The molecule has 0 spiro atoms.